The van der Waals surface area contributed by atoms with Gasteiger partial charge in [0.2, 0.25) is 0 Å². The Kier molecular flexibility index (Phi) is 4.61. The second-order valence-corrected chi connectivity index (χ2v) is 5.33. The van der Waals surface area contributed by atoms with Gasteiger partial charge in [-0.15, -0.1) is 11.3 Å². The minimum atomic E-state index is 0.639. The SMILES string of the molecule is CCCc1nc(-c2cc(Cl)ccc2OCC)cs1. The highest BCUT2D eigenvalue weighted by Gasteiger charge is 2.10. The van der Waals surface area contributed by atoms with Crippen molar-refractivity contribution in [1.29, 1.82) is 0 Å². The van der Waals surface area contributed by atoms with Crippen molar-refractivity contribution in [3.05, 3.63) is 33.6 Å². The average molecular weight is 282 g/mol. The maximum absolute atomic E-state index is 6.05. The first-order valence-corrected chi connectivity index (χ1v) is 7.37. The quantitative estimate of drug-likeness (QED) is 0.784. The molecule has 4 heteroatoms. The molecule has 0 amide bonds. The van der Waals surface area contributed by atoms with Crippen LogP contribution in [-0.2, 0) is 6.42 Å². The molecule has 0 atom stereocenters. The Labute approximate surface area is 117 Å². The van der Waals surface area contributed by atoms with E-state index in [1.54, 1.807) is 11.3 Å². The number of hydrogen-bond donors (Lipinski definition) is 0. The molecule has 0 saturated carbocycles. The van der Waals surface area contributed by atoms with E-state index in [9.17, 15) is 0 Å². The minimum absolute atomic E-state index is 0.639. The van der Waals surface area contributed by atoms with Crippen molar-refractivity contribution >= 4 is 22.9 Å². The molecule has 18 heavy (non-hydrogen) atoms. The molecule has 0 spiro atoms. The number of halogens is 1. The van der Waals surface area contributed by atoms with Gasteiger partial charge in [-0.2, -0.15) is 0 Å². The highest BCUT2D eigenvalue weighted by Crippen LogP contribution is 2.33. The molecule has 0 bridgehead atoms. The third-order valence-corrected chi connectivity index (χ3v) is 3.68. The molecule has 1 heterocycles. The summed E-state index contributed by atoms with van der Waals surface area (Å²) >= 11 is 7.75. The Morgan fingerprint density at radius 2 is 2.17 bits per heavy atom. The molecular formula is C14H16ClNOS. The summed E-state index contributed by atoms with van der Waals surface area (Å²) in [7, 11) is 0. The van der Waals surface area contributed by atoms with E-state index in [2.05, 4.69) is 17.3 Å². The van der Waals surface area contributed by atoms with Crippen LogP contribution < -0.4 is 4.74 Å². The summed E-state index contributed by atoms with van der Waals surface area (Å²) in [5, 5.41) is 3.94. The van der Waals surface area contributed by atoms with E-state index in [0.717, 1.165) is 34.9 Å². The first-order chi connectivity index (χ1) is 8.74. The van der Waals surface area contributed by atoms with Crippen molar-refractivity contribution in [3.8, 4) is 17.0 Å². The Bertz CT molecular complexity index is 524. The Balaban J connectivity index is 2.37. The van der Waals surface area contributed by atoms with E-state index in [0.29, 0.717) is 11.6 Å². The van der Waals surface area contributed by atoms with Gasteiger partial charge in [-0.25, -0.2) is 4.98 Å². The minimum Gasteiger partial charge on any atom is -0.493 e. The number of hydrogen-bond acceptors (Lipinski definition) is 3. The maximum Gasteiger partial charge on any atom is 0.128 e. The van der Waals surface area contributed by atoms with Crippen LogP contribution >= 0.6 is 22.9 Å². The number of aryl methyl sites for hydroxylation is 1. The zero-order chi connectivity index (χ0) is 13.0. The molecule has 2 aromatic rings. The zero-order valence-corrected chi connectivity index (χ0v) is 12.1. The summed E-state index contributed by atoms with van der Waals surface area (Å²) in [6.07, 6.45) is 2.13. The smallest absolute Gasteiger partial charge is 0.128 e. The van der Waals surface area contributed by atoms with Crippen molar-refractivity contribution in [1.82, 2.24) is 4.98 Å². The lowest BCUT2D eigenvalue weighted by molar-refractivity contribution is 0.341. The standard InChI is InChI=1S/C14H16ClNOS/c1-3-5-14-16-12(9-18-14)11-8-10(15)6-7-13(11)17-4-2/h6-9H,3-5H2,1-2H3. The summed E-state index contributed by atoms with van der Waals surface area (Å²) < 4.78 is 5.62. The number of benzene rings is 1. The monoisotopic (exact) mass is 281 g/mol. The van der Waals surface area contributed by atoms with Crippen molar-refractivity contribution in [2.45, 2.75) is 26.7 Å². The lowest BCUT2D eigenvalue weighted by atomic mass is 10.1. The van der Waals surface area contributed by atoms with Crippen LogP contribution in [0.4, 0.5) is 0 Å². The normalized spacial score (nSPS) is 10.6. The van der Waals surface area contributed by atoms with E-state index in [1.807, 2.05) is 25.1 Å². The van der Waals surface area contributed by atoms with Crippen molar-refractivity contribution < 1.29 is 4.74 Å². The molecule has 0 aliphatic heterocycles. The summed E-state index contributed by atoms with van der Waals surface area (Å²) in [5.74, 6) is 0.843. The predicted octanol–water partition coefficient (Wildman–Crippen LogP) is 4.81. The maximum atomic E-state index is 6.05. The fraction of sp³-hybridized carbons (Fsp3) is 0.357. The largest absolute Gasteiger partial charge is 0.493 e. The van der Waals surface area contributed by atoms with Gasteiger partial charge in [0.15, 0.2) is 0 Å². The predicted molar refractivity (Wildman–Crippen MR) is 77.7 cm³/mol. The number of aromatic nitrogens is 1. The van der Waals surface area contributed by atoms with Crippen LogP contribution in [0.15, 0.2) is 23.6 Å². The molecule has 1 aromatic carbocycles. The summed E-state index contributed by atoms with van der Waals surface area (Å²) in [6, 6.07) is 5.66. The van der Waals surface area contributed by atoms with Gasteiger partial charge in [0.05, 0.1) is 17.3 Å². The van der Waals surface area contributed by atoms with Crippen LogP contribution in [0.25, 0.3) is 11.3 Å². The van der Waals surface area contributed by atoms with E-state index in [4.69, 9.17) is 16.3 Å². The topological polar surface area (TPSA) is 22.1 Å². The van der Waals surface area contributed by atoms with Crippen LogP contribution in [0.3, 0.4) is 0 Å². The number of nitrogens with zero attached hydrogens (tertiary/aromatic N) is 1. The lowest BCUT2D eigenvalue weighted by Gasteiger charge is -2.08. The molecule has 0 saturated heterocycles. The number of ether oxygens (including phenoxy) is 1. The fourth-order valence-corrected chi connectivity index (χ4v) is 2.82. The summed E-state index contributed by atoms with van der Waals surface area (Å²) in [4.78, 5) is 4.63. The van der Waals surface area contributed by atoms with Crippen molar-refractivity contribution in [2.75, 3.05) is 6.61 Å². The molecule has 0 aliphatic carbocycles. The Hall–Kier alpha value is -1.06. The highest BCUT2D eigenvalue weighted by molar-refractivity contribution is 7.09. The molecule has 0 N–H and O–H groups in total. The van der Waals surface area contributed by atoms with Gasteiger partial charge in [-0.05, 0) is 38.0 Å². The van der Waals surface area contributed by atoms with E-state index in [1.165, 1.54) is 0 Å². The third kappa shape index (κ3) is 3.03. The van der Waals surface area contributed by atoms with Gasteiger partial charge >= 0.3 is 0 Å². The van der Waals surface area contributed by atoms with E-state index in [-0.39, 0.29) is 0 Å². The molecule has 0 unspecified atom stereocenters. The third-order valence-electron chi connectivity index (χ3n) is 2.53. The van der Waals surface area contributed by atoms with Crippen LogP contribution in [0, 0.1) is 0 Å². The van der Waals surface area contributed by atoms with Crippen LogP contribution in [0.1, 0.15) is 25.3 Å². The second kappa shape index (κ2) is 6.21. The fourth-order valence-electron chi connectivity index (χ4n) is 1.75. The van der Waals surface area contributed by atoms with Crippen LogP contribution in [0.5, 0.6) is 5.75 Å². The van der Waals surface area contributed by atoms with Gasteiger partial charge in [-0.3, -0.25) is 0 Å². The Morgan fingerprint density at radius 1 is 1.33 bits per heavy atom. The van der Waals surface area contributed by atoms with Gasteiger partial charge < -0.3 is 4.74 Å². The lowest BCUT2D eigenvalue weighted by Crippen LogP contribution is -1.94. The molecule has 0 fully saturated rings. The van der Waals surface area contributed by atoms with Crippen molar-refractivity contribution in [3.63, 3.8) is 0 Å². The highest BCUT2D eigenvalue weighted by atomic mass is 35.5. The van der Waals surface area contributed by atoms with E-state index >= 15 is 0 Å². The Morgan fingerprint density at radius 3 is 2.89 bits per heavy atom. The summed E-state index contributed by atoms with van der Waals surface area (Å²) in [6.45, 7) is 4.77. The van der Waals surface area contributed by atoms with Gasteiger partial charge in [0.25, 0.3) is 0 Å². The molecular weight excluding hydrogens is 266 g/mol. The second-order valence-electron chi connectivity index (χ2n) is 3.95. The average Bonchev–Trinajstić information content (AvgIpc) is 2.81. The molecule has 2 rings (SSSR count). The zero-order valence-electron chi connectivity index (χ0n) is 10.6. The van der Waals surface area contributed by atoms with Gasteiger partial charge in [0.1, 0.15) is 5.75 Å². The first kappa shape index (κ1) is 13.4. The molecule has 0 radical (unpaired) electrons. The summed E-state index contributed by atoms with van der Waals surface area (Å²) in [5.41, 5.74) is 1.93. The van der Waals surface area contributed by atoms with Gasteiger partial charge in [-0.1, -0.05) is 18.5 Å². The molecule has 1 aromatic heterocycles. The molecule has 2 nitrogen and oxygen atoms in total. The van der Waals surface area contributed by atoms with Crippen molar-refractivity contribution in [2.24, 2.45) is 0 Å². The number of thiazole rings is 1. The first-order valence-electron chi connectivity index (χ1n) is 6.11. The number of rotatable bonds is 5. The van der Waals surface area contributed by atoms with Gasteiger partial charge in [0, 0.05) is 16.0 Å². The molecule has 96 valence electrons. The van der Waals surface area contributed by atoms with E-state index < -0.39 is 0 Å². The van der Waals surface area contributed by atoms with Crippen LogP contribution in [0.2, 0.25) is 5.02 Å². The molecule has 0 aliphatic rings. The van der Waals surface area contributed by atoms with Crippen LogP contribution in [-0.4, -0.2) is 11.6 Å².